The minimum Gasteiger partial charge on any atom is -0.495 e. The van der Waals surface area contributed by atoms with Crippen LogP contribution < -0.4 is 15.4 Å². The highest BCUT2D eigenvalue weighted by molar-refractivity contribution is 9.11. The van der Waals surface area contributed by atoms with Crippen LogP contribution in [0.15, 0.2) is 39.3 Å². The molecule has 0 aliphatic rings. The van der Waals surface area contributed by atoms with Crippen molar-refractivity contribution in [2.45, 2.75) is 13.8 Å². The first-order chi connectivity index (χ1) is 11.3. The standard InChI is InChI=1S/C17H16Br2N2O2S/c1-9-4-10(2)6-12(5-9)20-17(24)21-16(22)13-7-11(18)8-14(19)15(13)23-3/h4-8H,1-3H3,(H2,20,21,22,24). The molecule has 0 aliphatic heterocycles. The van der Waals surface area contributed by atoms with Crippen LogP contribution in [0.2, 0.25) is 0 Å². The first kappa shape index (κ1) is 18.9. The van der Waals surface area contributed by atoms with Crippen LogP contribution in [-0.2, 0) is 0 Å². The minimum atomic E-state index is -0.351. The number of anilines is 1. The third-order valence-corrected chi connectivity index (χ3v) is 4.41. The number of hydrogen-bond acceptors (Lipinski definition) is 3. The van der Waals surface area contributed by atoms with Crippen molar-refractivity contribution in [3.63, 3.8) is 0 Å². The normalized spacial score (nSPS) is 10.2. The third kappa shape index (κ3) is 4.78. The molecule has 0 bridgehead atoms. The van der Waals surface area contributed by atoms with Crippen molar-refractivity contribution in [2.75, 3.05) is 12.4 Å². The summed E-state index contributed by atoms with van der Waals surface area (Å²) in [5.41, 5.74) is 3.44. The molecule has 0 radical (unpaired) electrons. The largest absolute Gasteiger partial charge is 0.495 e. The van der Waals surface area contributed by atoms with E-state index < -0.39 is 0 Å². The molecule has 7 heteroatoms. The molecule has 2 rings (SSSR count). The SMILES string of the molecule is COc1c(Br)cc(Br)cc1C(=O)NC(=S)Nc1cc(C)cc(C)c1. The van der Waals surface area contributed by atoms with E-state index in [1.807, 2.05) is 32.0 Å². The monoisotopic (exact) mass is 470 g/mol. The maximum atomic E-state index is 12.5. The summed E-state index contributed by atoms with van der Waals surface area (Å²) in [6.45, 7) is 4.01. The molecule has 0 saturated carbocycles. The Morgan fingerprint density at radius 1 is 1.08 bits per heavy atom. The van der Waals surface area contributed by atoms with Crippen molar-refractivity contribution in [3.05, 3.63) is 56.0 Å². The molecule has 0 fully saturated rings. The number of halogens is 2. The highest BCUT2D eigenvalue weighted by atomic mass is 79.9. The van der Waals surface area contributed by atoms with Gasteiger partial charge in [-0.15, -0.1) is 0 Å². The molecule has 2 N–H and O–H groups in total. The van der Waals surface area contributed by atoms with Crippen LogP contribution in [0.5, 0.6) is 5.75 Å². The number of methoxy groups -OCH3 is 1. The summed E-state index contributed by atoms with van der Waals surface area (Å²) in [7, 11) is 1.51. The lowest BCUT2D eigenvalue weighted by molar-refractivity contribution is 0.0974. The van der Waals surface area contributed by atoms with E-state index in [-0.39, 0.29) is 11.0 Å². The quantitative estimate of drug-likeness (QED) is 0.621. The summed E-state index contributed by atoms with van der Waals surface area (Å²) in [5.74, 6) is 0.0978. The lowest BCUT2D eigenvalue weighted by atomic mass is 10.1. The lowest BCUT2D eigenvalue weighted by Crippen LogP contribution is -2.34. The topological polar surface area (TPSA) is 50.4 Å². The van der Waals surface area contributed by atoms with E-state index in [0.717, 1.165) is 21.3 Å². The Bertz CT molecular complexity index is 789. The van der Waals surface area contributed by atoms with Crippen molar-refractivity contribution in [3.8, 4) is 5.75 Å². The Kier molecular flexibility index (Phi) is 6.37. The number of carbonyl (C=O) groups is 1. The Hall–Kier alpha value is -1.44. The fraction of sp³-hybridized carbons (Fsp3) is 0.176. The molecule has 0 unspecified atom stereocenters. The van der Waals surface area contributed by atoms with Gasteiger partial charge in [0.2, 0.25) is 0 Å². The molecule has 4 nitrogen and oxygen atoms in total. The summed E-state index contributed by atoms with van der Waals surface area (Å²) in [5, 5.41) is 5.92. The Morgan fingerprint density at radius 2 is 1.71 bits per heavy atom. The van der Waals surface area contributed by atoms with Crippen molar-refractivity contribution in [2.24, 2.45) is 0 Å². The van der Waals surface area contributed by atoms with E-state index in [1.165, 1.54) is 7.11 Å². The number of carbonyl (C=O) groups excluding carboxylic acids is 1. The number of benzene rings is 2. The van der Waals surface area contributed by atoms with Gasteiger partial charge in [0.05, 0.1) is 17.1 Å². The van der Waals surface area contributed by atoms with Crippen LogP contribution in [0.1, 0.15) is 21.5 Å². The summed E-state index contributed by atoms with van der Waals surface area (Å²) in [4.78, 5) is 12.5. The third-order valence-electron chi connectivity index (χ3n) is 3.16. The Morgan fingerprint density at radius 3 is 2.29 bits per heavy atom. The predicted octanol–water partition coefficient (Wildman–Crippen LogP) is 4.96. The molecule has 126 valence electrons. The van der Waals surface area contributed by atoms with E-state index >= 15 is 0 Å². The molecule has 2 aromatic carbocycles. The number of rotatable bonds is 3. The van der Waals surface area contributed by atoms with E-state index in [4.69, 9.17) is 17.0 Å². The zero-order chi connectivity index (χ0) is 17.9. The molecule has 0 heterocycles. The van der Waals surface area contributed by atoms with Gasteiger partial charge in [-0.2, -0.15) is 0 Å². The molecule has 0 aromatic heterocycles. The number of amides is 1. The van der Waals surface area contributed by atoms with Crippen LogP contribution in [0.3, 0.4) is 0 Å². The van der Waals surface area contributed by atoms with Gasteiger partial charge in [-0.05, 0) is 77.4 Å². The molecule has 2 aromatic rings. The smallest absolute Gasteiger partial charge is 0.261 e. The van der Waals surface area contributed by atoms with Crippen LogP contribution >= 0.6 is 44.1 Å². The predicted molar refractivity (Wildman–Crippen MR) is 108 cm³/mol. The van der Waals surface area contributed by atoms with E-state index in [2.05, 4.69) is 48.6 Å². The first-order valence-corrected chi connectivity index (χ1v) is 9.03. The van der Waals surface area contributed by atoms with E-state index in [9.17, 15) is 4.79 Å². The van der Waals surface area contributed by atoms with Crippen molar-refractivity contribution < 1.29 is 9.53 Å². The van der Waals surface area contributed by atoms with Gasteiger partial charge < -0.3 is 10.1 Å². The second kappa shape index (κ2) is 8.09. The highest BCUT2D eigenvalue weighted by Crippen LogP contribution is 2.32. The van der Waals surface area contributed by atoms with Crippen LogP contribution in [-0.4, -0.2) is 18.1 Å². The summed E-state index contributed by atoms with van der Waals surface area (Å²) >= 11 is 12.0. The number of nitrogens with one attached hydrogen (secondary N) is 2. The number of hydrogen-bond donors (Lipinski definition) is 2. The van der Waals surface area contributed by atoms with Crippen molar-refractivity contribution in [1.82, 2.24) is 5.32 Å². The molecule has 0 spiro atoms. The maximum Gasteiger partial charge on any atom is 0.261 e. The second-order valence-electron chi connectivity index (χ2n) is 5.25. The maximum absolute atomic E-state index is 12.5. The van der Waals surface area contributed by atoms with Gasteiger partial charge in [-0.25, -0.2) is 0 Å². The summed E-state index contributed by atoms with van der Waals surface area (Å²) < 4.78 is 6.73. The van der Waals surface area contributed by atoms with E-state index in [0.29, 0.717) is 15.8 Å². The van der Waals surface area contributed by atoms with Gasteiger partial charge >= 0.3 is 0 Å². The van der Waals surface area contributed by atoms with Gasteiger partial charge in [0.15, 0.2) is 5.11 Å². The average molecular weight is 472 g/mol. The van der Waals surface area contributed by atoms with Gasteiger partial charge in [-0.1, -0.05) is 22.0 Å². The summed E-state index contributed by atoms with van der Waals surface area (Å²) in [6.07, 6.45) is 0. The molecule has 0 saturated heterocycles. The average Bonchev–Trinajstić information content (AvgIpc) is 2.44. The van der Waals surface area contributed by atoms with Crippen LogP contribution in [0.25, 0.3) is 0 Å². The fourth-order valence-electron chi connectivity index (χ4n) is 2.32. The number of aryl methyl sites for hydroxylation is 2. The zero-order valence-electron chi connectivity index (χ0n) is 13.4. The van der Waals surface area contributed by atoms with Crippen molar-refractivity contribution >= 4 is 60.8 Å². The lowest BCUT2D eigenvalue weighted by Gasteiger charge is -2.14. The summed E-state index contributed by atoms with van der Waals surface area (Å²) in [6, 6.07) is 9.47. The molecular formula is C17H16Br2N2O2S. The second-order valence-corrected chi connectivity index (χ2v) is 7.43. The van der Waals surface area contributed by atoms with Crippen LogP contribution in [0, 0.1) is 13.8 Å². The highest BCUT2D eigenvalue weighted by Gasteiger charge is 2.17. The zero-order valence-corrected chi connectivity index (χ0v) is 17.4. The van der Waals surface area contributed by atoms with Gasteiger partial charge in [0.1, 0.15) is 5.75 Å². The van der Waals surface area contributed by atoms with E-state index in [1.54, 1.807) is 6.07 Å². The fourth-order valence-corrected chi connectivity index (χ4v) is 3.91. The molecule has 0 atom stereocenters. The van der Waals surface area contributed by atoms with Crippen molar-refractivity contribution in [1.29, 1.82) is 0 Å². The molecular weight excluding hydrogens is 456 g/mol. The minimum absolute atomic E-state index is 0.225. The molecule has 1 amide bonds. The van der Waals surface area contributed by atoms with Gasteiger partial charge in [-0.3, -0.25) is 10.1 Å². The Balaban J connectivity index is 2.16. The van der Waals surface area contributed by atoms with Crippen LogP contribution in [0.4, 0.5) is 5.69 Å². The van der Waals surface area contributed by atoms with Gasteiger partial charge in [0.25, 0.3) is 5.91 Å². The van der Waals surface area contributed by atoms with Gasteiger partial charge in [0, 0.05) is 10.2 Å². The molecule has 0 aliphatic carbocycles. The molecule has 24 heavy (non-hydrogen) atoms. The first-order valence-electron chi connectivity index (χ1n) is 7.04. The number of thiocarbonyl (C=S) groups is 1. The Labute approximate surface area is 163 Å². The number of ether oxygens (including phenoxy) is 1.